The second-order valence-electron chi connectivity index (χ2n) is 7.40. The van der Waals surface area contributed by atoms with Gasteiger partial charge in [-0.15, -0.1) is 0 Å². The summed E-state index contributed by atoms with van der Waals surface area (Å²) in [6.07, 6.45) is 6.16. The number of benzene rings is 1. The molecule has 1 aliphatic rings. The summed E-state index contributed by atoms with van der Waals surface area (Å²) in [5, 5.41) is 5.65. The predicted octanol–water partition coefficient (Wildman–Crippen LogP) is 2.77. The first-order chi connectivity index (χ1) is 14.7. The minimum Gasteiger partial charge on any atom is -0.494 e. The van der Waals surface area contributed by atoms with Gasteiger partial charge in [0.2, 0.25) is 5.91 Å². The van der Waals surface area contributed by atoms with Crippen LogP contribution in [-0.4, -0.2) is 50.3 Å². The summed E-state index contributed by atoms with van der Waals surface area (Å²) in [5.74, 6) is 1.23. The summed E-state index contributed by atoms with van der Waals surface area (Å²) < 4.78 is 7.72. The maximum Gasteiger partial charge on any atom is 0.246 e. The molecule has 8 nitrogen and oxygen atoms in total. The molecule has 0 aliphatic carbocycles. The van der Waals surface area contributed by atoms with Crippen molar-refractivity contribution in [1.29, 1.82) is 0 Å². The van der Waals surface area contributed by atoms with Crippen LogP contribution < -0.4 is 10.5 Å². The number of nitrogens with zero attached hydrogens (tertiary/aromatic N) is 5. The lowest BCUT2D eigenvalue weighted by Crippen LogP contribution is -2.40. The summed E-state index contributed by atoms with van der Waals surface area (Å²) in [5.41, 5.74) is 7.77. The van der Waals surface area contributed by atoms with E-state index in [1.165, 1.54) is 12.4 Å². The number of hydrogen-bond donors (Lipinski definition) is 1. The van der Waals surface area contributed by atoms with E-state index in [1.807, 2.05) is 39.9 Å². The van der Waals surface area contributed by atoms with Crippen molar-refractivity contribution < 1.29 is 9.53 Å². The number of likely N-dealkylation sites (tertiary alicyclic amines) is 1. The molecule has 0 unspecified atom stereocenters. The zero-order chi connectivity index (χ0) is 20.9. The van der Waals surface area contributed by atoms with E-state index >= 15 is 0 Å². The van der Waals surface area contributed by atoms with Crippen LogP contribution in [0.3, 0.4) is 0 Å². The summed E-state index contributed by atoms with van der Waals surface area (Å²) >= 11 is 0. The highest BCUT2D eigenvalue weighted by Crippen LogP contribution is 2.29. The quantitative estimate of drug-likeness (QED) is 0.478. The molecule has 4 rings (SSSR count). The molecule has 8 heteroatoms. The fourth-order valence-corrected chi connectivity index (χ4v) is 3.93. The third-order valence-electron chi connectivity index (χ3n) is 5.39. The van der Waals surface area contributed by atoms with Crippen LogP contribution in [0.4, 0.5) is 5.82 Å². The molecule has 2 N–H and O–H groups in total. The lowest BCUT2D eigenvalue weighted by atomic mass is 10.1. The fraction of sp³-hybridized carbons (Fsp3) is 0.364. The van der Waals surface area contributed by atoms with E-state index in [1.54, 1.807) is 0 Å². The highest BCUT2D eigenvalue weighted by atomic mass is 16.5. The van der Waals surface area contributed by atoms with E-state index in [9.17, 15) is 4.79 Å². The smallest absolute Gasteiger partial charge is 0.246 e. The molecule has 30 heavy (non-hydrogen) atoms. The molecule has 0 saturated carbocycles. The van der Waals surface area contributed by atoms with Crippen LogP contribution in [-0.2, 0) is 11.2 Å². The number of carbonyl (C=O) groups is 1. The molecular weight excluding hydrogens is 380 g/mol. The number of nitrogen functional groups attached to an aromatic ring is 1. The van der Waals surface area contributed by atoms with Gasteiger partial charge >= 0.3 is 0 Å². The molecule has 2 aromatic heterocycles. The molecule has 1 atom stereocenters. The van der Waals surface area contributed by atoms with Gasteiger partial charge in [0.15, 0.2) is 5.65 Å². The van der Waals surface area contributed by atoms with Crippen molar-refractivity contribution in [3.63, 3.8) is 0 Å². The van der Waals surface area contributed by atoms with Crippen molar-refractivity contribution in [2.24, 2.45) is 0 Å². The molecule has 0 bridgehead atoms. The van der Waals surface area contributed by atoms with Gasteiger partial charge in [-0.2, -0.15) is 5.10 Å². The Morgan fingerprint density at radius 3 is 2.93 bits per heavy atom. The van der Waals surface area contributed by atoms with E-state index in [0.717, 1.165) is 48.3 Å². The van der Waals surface area contributed by atoms with Gasteiger partial charge in [-0.25, -0.2) is 14.6 Å². The maximum absolute atomic E-state index is 12.1. The Morgan fingerprint density at radius 2 is 2.13 bits per heavy atom. The Hall–Kier alpha value is -3.42. The molecular formula is C22H26N6O2. The molecule has 1 aliphatic heterocycles. The van der Waals surface area contributed by atoms with Gasteiger partial charge in [0.05, 0.1) is 23.7 Å². The summed E-state index contributed by atoms with van der Waals surface area (Å²) in [6.45, 7) is 5.50. The van der Waals surface area contributed by atoms with Crippen molar-refractivity contribution in [3.8, 4) is 5.75 Å². The van der Waals surface area contributed by atoms with E-state index in [2.05, 4.69) is 16.5 Å². The maximum atomic E-state index is 12.1. The van der Waals surface area contributed by atoms with E-state index < -0.39 is 0 Å². The van der Waals surface area contributed by atoms with Crippen molar-refractivity contribution in [1.82, 2.24) is 24.6 Å². The molecule has 156 valence electrons. The van der Waals surface area contributed by atoms with Gasteiger partial charge in [-0.1, -0.05) is 24.8 Å². The average molecular weight is 406 g/mol. The number of carbonyl (C=O) groups excluding carboxylic acids is 1. The third kappa shape index (κ3) is 4.12. The van der Waals surface area contributed by atoms with E-state index in [-0.39, 0.29) is 11.9 Å². The average Bonchev–Trinajstić information content (AvgIpc) is 3.17. The minimum absolute atomic E-state index is 0.0498. The lowest BCUT2D eigenvalue weighted by molar-refractivity contribution is -0.127. The number of piperidine rings is 1. The van der Waals surface area contributed by atoms with Gasteiger partial charge in [-0.3, -0.25) is 4.79 Å². The SMILES string of the molecule is C=CC(=O)N1CCC[C@@H](n2nc(CCCOc3ccccc3)c3c(N)ncnc32)C1. The number of ether oxygens (including phenoxy) is 1. The third-order valence-corrected chi connectivity index (χ3v) is 5.39. The first-order valence-electron chi connectivity index (χ1n) is 10.2. The Bertz CT molecular complexity index is 1030. The van der Waals surface area contributed by atoms with Crippen LogP contribution >= 0.6 is 0 Å². The molecule has 1 amide bonds. The molecule has 1 fully saturated rings. The fourth-order valence-electron chi connectivity index (χ4n) is 3.93. The van der Waals surface area contributed by atoms with Crippen LogP contribution in [0.1, 0.15) is 31.0 Å². The van der Waals surface area contributed by atoms with Gasteiger partial charge in [-0.05, 0) is 43.9 Å². The largest absolute Gasteiger partial charge is 0.494 e. The van der Waals surface area contributed by atoms with Crippen molar-refractivity contribution in [2.75, 3.05) is 25.4 Å². The number of amides is 1. The second-order valence-corrected chi connectivity index (χ2v) is 7.40. The van der Waals surface area contributed by atoms with Crippen molar-refractivity contribution in [2.45, 2.75) is 31.7 Å². The van der Waals surface area contributed by atoms with Crippen LogP contribution in [0, 0.1) is 0 Å². The Morgan fingerprint density at radius 1 is 1.30 bits per heavy atom. The minimum atomic E-state index is -0.0522. The number of rotatable bonds is 7. The molecule has 0 radical (unpaired) electrons. The zero-order valence-corrected chi connectivity index (χ0v) is 16.9. The standard InChI is InChI=1S/C22H26N6O2/c1-2-19(29)27-12-6-8-16(14-27)28-22-20(21(23)24-15-25-22)18(26-28)11-7-13-30-17-9-4-3-5-10-17/h2-5,9-10,15-16H,1,6-8,11-14H2,(H2,23,24,25)/t16-/m1/s1. The molecule has 0 spiro atoms. The van der Waals surface area contributed by atoms with Gasteiger partial charge in [0.25, 0.3) is 0 Å². The number of aromatic nitrogens is 4. The monoisotopic (exact) mass is 406 g/mol. The second kappa shape index (κ2) is 8.94. The van der Waals surface area contributed by atoms with Crippen LogP contribution in [0.2, 0.25) is 0 Å². The Balaban J connectivity index is 1.52. The van der Waals surface area contributed by atoms with E-state index in [4.69, 9.17) is 15.6 Å². The van der Waals surface area contributed by atoms with Crippen LogP contribution in [0.15, 0.2) is 49.3 Å². The molecule has 3 aromatic rings. The predicted molar refractivity (Wildman–Crippen MR) is 115 cm³/mol. The van der Waals surface area contributed by atoms with E-state index in [0.29, 0.717) is 25.4 Å². The molecule has 1 saturated heterocycles. The van der Waals surface area contributed by atoms with Crippen molar-refractivity contribution in [3.05, 3.63) is 55.0 Å². The first kappa shape index (κ1) is 19.9. The van der Waals surface area contributed by atoms with Gasteiger partial charge < -0.3 is 15.4 Å². The molecule has 3 heterocycles. The summed E-state index contributed by atoms with van der Waals surface area (Å²) in [7, 11) is 0. The number of nitrogens with two attached hydrogens (primary N) is 1. The van der Waals surface area contributed by atoms with Gasteiger partial charge in [0, 0.05) is 13.1 Å². The normalized spacial score (nSPS) is 16.5. The lowest BCUT2D eigenvalue weighted by Gasteiger charge is -2.32. The number of fused-ring (bicyclic) bond motifs is 1. The Labute approximate surface area is 175 Å². The highest BCUT2D eigenvalue weighted by molar-refractivity contribution is 5.88. The summed E-state index contributed by atoms with van der Waals surface area (Å²) in [6, 6.07) is 9.79. The molecule has 1 aromatic carbocycles. The number of aryl methyl sites for hydroxylation is 1. The number of hydrogen-bond acceptors (Lipinski definition) is 6. The Kier molecular flexibility index (Phi) is 5.92. The van der Waals surface area contributed by atoms with Crippen LogP contribution in [0.25, 0.3) is 11.0 Å². The highest BCUT2D eigenvalue weighted by Gasteiger charge is 2.27. The van der Waals surface area contributed by atoms with Gasteiger partial charge in [0.1, 0.15) is 17.9 Å². The van der Waals surface area contributed by atoms with Crippen LogP contribution in [0.5, 0.6) is 5.75 Å². The number of anilines is 1. The van der Waals surface area contributed by atoms with Crippen molar-refractivity contribution >= 4 is 22.8 Å². The first-order valence-corrected chi connectivity index (χ1v) is 10.2. The zero-order valence-electron chi connectivity index (χ0n) is 16.9. The number of para-hydroxylation sites is 1. The summed E-state index contributed by atoms with van der Waals surface area (Å²) in [4.78, 5) is 22.5. The topological polar surface area (TPSA) is 99.2 Å².